The lowest BCUT2D eigenvalue weighted by molar-refractivity contribution is -0.118. The number of aryl methyl sites for hydroxylation is 1. The van der Waals surface area contributed by atoms with Crippen LogP contribution in [0.1, 0.15) is 34.7 Å². The molecule has 3 N–H and O–H groups in total. The molecule has 0 aliphatic carbocycles. The second kappa shape index (κ2) is 6.67. The second-order valence-corrected chi connectivity index (χ2v) is 7.85. The molecular weight excluding hydrogens is 418 g/mol. The van der Waals surface area contributed by atoms with Crippen LogP contribution in [0, 0.1) is 6.92 Å². The molecule has 3 aromatic rings. The number of fused-ring (bicyclic) bond motifs is 1. The lowest BCUT2D eigenvalue weighted by Gasteiger charge is -2.29. The quantitative estimate of drug-likeness (QED) is 0.538. The van der Waals surface area contributed by atoms with Gasteiger partial charge in [0.05, 0.1) is 5.69 Å². The first kappa shape index (κ1) is 18.6. The Labute approximate surface area is 172 Å². The van der Waals surface area contributed by atoms with Crippen molar-refractivity contribution in [3.8, 4) is 11.5 Å². The molecule has 28 heavy (non-hydrogen) atoms. The smallest absolute Gasteiger partial charge is 0.244 e. The number of carbonyl (C=O) groups is 1. The van der Waals surface area contributed by atoms with E-state index in [1.54, 1.807) is 48.5 Å². The fourth-order valence-corrected chi connectivity index (χ4v) is 4.72. The molecule has 0 aromatic heterocycles. The van der Waals surface area contributed by atoms with Gasteiger partial charge in [-0.1, -0.05) is 53.2 Å². The zero-order valence-corrected chi connectivity index (χ0v) is 17.2. The van der Waals surface area contributed by atoms with E-state index in [1.165, 1.54) is 0 Å². The molecule has 1 heterocycles. The number of rotatable bonds is 3. The summed E-state index contributed by atoms with van der Waals surface area (Å²) in [4.78, 5) is 13.6. The Kier molecular flexibility index (Phi) is 4.42. The van der Waals surface area contributed by atoms with Crippen LogP contribution in [0.25, 0.3) is 0 Å². The van der Waals surface area contributed by atoms with Crippen LogP contribution < -0.4 is 5.32 Å². The van der Waals surface area contributed by atoms with Crippen LogP contribution in [0.5, 0.6) is 11.5 Å². The summed E-state index contributed by atoms with van der Waals surface area (Å²) in [7, 11) is 0. The Balaban J connectivity index is 2.11. The minimum atomic E-state index is -1.06. The summed E-state index contributed by atoms with van der Waals surface area (Å²) in [6.45, 7) is 4.08. The highest BCUT2D eigenvalue weighted by Gasteiger charge is 2.50. The van der Waals surface area contributed by atoms with E-state index in [9.17, 15) is 15.0 Å². The summed E-state index contributed by atoms with van der Waals surface area (Å²) in [5.41, 5.74) is 4.27. The van der Waals surface area contributed by atoms with Crippen molar-refractivity contribution in [3.63, 3.8) is 0 Å². The minimum Gasteiger partial charge on any atom is -0.508 e. The number of aromatic hydroxyl groups is 2. The van der Waals surface area contributed by atoms with Crippen LogP contribution in [0.2, 0.25) is 0 Å². The molecule has 0 fully saturated rings. The molecule has 4 rings (SSSR count). The maximum Gasteiger partial charge on any atom is 0.244 e. The summed E-state index contributed by atoms with van der Waals surface area (Å²) in [5.74, 6) is 0.139. The third kappa shape index (κ3) is 2.53. The van der Waals surface area contributed by atoms with Gasteiger partial charge in [0.15, 0.2) is 0 Å². The molecule has 0 saturated heterocycles. The Morgan fingerprint density at radius 2 is 1.46 bits per heavy atom. The van der Waals surface area contributed by atoms with Gasteiger partial charge in [0.1, 0.15) is 16.9 Å². The number of phenols is 2. The lowest BCUT2D eigenvalue weighted by atomic mass is 9.69. The maximum absolute atomic E-state index is 13.6. The van der Waals surface area contributed by atoms with E-state index < -0.39 is 5.41 Å². The molecular formula is C23H20BrNO3. The van der Waals surface area contributed by atoms with E-state index in [0.29, 0.717) is 0 Å². The zero-order chi connectivity index (χ0) is 20.1. The molecule has 0 saturated carbocycles. The van der Waals surface area contributed by atoms with Gasteiger partial charge >= 0.3 is 0 Å². The van der Waals surface area contributed by atoms with Crippen LogP contribution in [0.15, 0.2) is 59.1 Å². The van der Waals surface area contributed by atoms with Crippen molar-refractivity contribution in [1.82, 2.24) is 0 Å². The topological polar surface area (TPSA) is 69.6 Å². The molecule has 0 atom stereocenters. The Hall–Kier alpha value is -2.79. The largest absolute Gasteiger partial charge is 0.508 e. The summed E-state index contributed by atoms with van der Waals surface area (Å²) < 4.78 is 1.00. The predicted molar refractivity (Wildman–Crippen MR) is 113 cm³/mol. The molecule has 3 aromatic carbocycles. The number of carbonyl (C=O) groups excluding carboxylic acids is 1. The molecule has 4 nitrogen and oxygen atoms in total. The monoisotopic (exact) mass is 437 g/mol. The maximum atomic E-state index is 13.6. The Morgan fingerprint density at radius 1 is 0.964 bits per heavy atom. The number of anilines is 1. The lowest BCUT2D eigenvalue weighted by Crippen LogP contribution is -2.37. The van der Waals surface area contributed by atoms with E-state index >= 15 is 0 Å². The number of benzene rings is 3. The Morgan fingerprint density at radius 3 is 1.93 bits per heavy atom. The molecule has 1 aliphatic rings. The number of halogens is 1. The molecule has 0 bridgehead atoms. The van der Waals surface area contributed by atoms with Crippen molar-refractivity contribution >= 4 is 27.5 Å². The Bertz CT molecular complexity index is 1030. The average Bonchev–Trinajstić information content (AvgIpc) is 2.96. The number of nitrogens with one attached hydrogen (secondary N) is 1. The van der Waals surface area contributed by atoms with Gasteiger partial charge in [-0.25, -0.2) is 0 Å². The van der Waals surface area contributed by atoms with Crippen LogP contribution in [0.3, 0.4) is 0 Å². The van der Waals surface area contributed by atoms with Gasteiger partial charge in [-0.15, -0.1) is 0 Å². The molecule has 1 amide bonds. The van der Waals surface area contributed by atoms with Gasteiger partial charge in [-0.05, 0) is 59.9 Å². The van der Waals surface area contributed by atoms with Gasteiger partial charge < -0.3 is 15.5 Å². The summed E-state index contributed by atoms with van der Waals surface area (Å²) >= 11 is 3.67. The molecule has 0 spiro atoms. The summed E-state index contributed by atoms with van der Waals surface area (Å²) in [6.07, 6.45) is 0.770. The van der Waals surface area contributed by atoms with Crippen molar-refractivity contribution in [1.29, 1.82) is 0 Å². The van der Waals surface area contributed by atoms with E-state index in [0.717, 1.165) is 44.4 Å². The van der Waals surface area contributed by atoms with Gasteiger partial charge in [-0.3, -0.25) is 4.79 Å². The highest BCUT2D eigenvalue weighted by atomic mass is 79.9. The standard InChI is InChI=1S/C23H20BrNO3/c1-3-18-20(24)13(2)12-19-21(18)25-22(28)23(19,14-4-8-16(26)9-5-14)15-6-10-17(27)11-7-15/h4-12,26-27H,3H2,1-2H3,(H,25,28). The van der Waals surface area contributed by atoms with Crippen molar-refractivity contribution < 1.29 is 15.0 Å². The van der Waals surface area contributed by atoms with Crippen molar-refractivity contribution in [2.75, 3.05) is 5.32 Å². The molecule has 142 valence electrons. The zero-order valence-electron chi connectivity index (χ0n) is 15.6. The van der Waals surface area contributed by atoms with E-state index in [2.05, 4.69) is 28.2 Å². The van der Waals surface area contributed by atoms with Crippen molar-refractivity contribution in [3.05, 3.63) is 86.9 Å². The second-order valence-electron chi connectivity index (χ2n) is 7.06. The predicted octanol–water partition coefficient (Wildman–Crippen LogP) is 5.02. The number of amides is 1. The summed E-state index contributed by atoms with van der Waals surface area (Å²) in [6, 6.07) is 15.5. The minimum absolute atomic E-state index is 0.143. The van der Waals surface area contributed by atoms with Crippen LogP contribution in [-0.2, 0) is 16.6 Å². The van der Waals surface area contributed by atoms with Crippen molar-refractivity contribution in [2.24, 2.45) is 0 Å². The molecule has 5 heteroatoms. The number of hydrogen-bond acceptors (Lipinski definition) is 3. The van der Waals surface area contributed by atoms with E-state index in [-0.39, 0.29) is 17.4 Å². The highest BCUT2D eigenvalue weighted by molar-refractivity contribution is 9.10. The van der Waals surface area contributed by atoms with Crippen molar-refractivity contribution in [2.45, 2.75) is 25.7 Å². The molecule has 0 radical (unpaired) electrons. The van der Waals surface area contributed by atoms with E-state index in [4.69, 9.17) is 0 Å². The van der Waals surface area contributed by atoms with Gasteiger partial charge in [0.25, 0.3) is 0 Å². The number of phenolic OH excluding ortho intramolecular Hbond substituents is 2. The average molecular weight is 438 g/mol. The third-order valence-electron chi connectivity index (χ3n) is 5.48. The van der Waals surface area contributed by atoms with E-state index in [1.807, 2.05) is 13.0 Å². The van der Waals surface area contributed by atoms with Gasteiger partial charge in [-0.2, -0.15) is 0 Å². The van der Waals surface area contributed by atoms with Crippen LogP contribution >= 0.6 is 15.9 Å². The van der Waals surface area contributed by atoms with Gasteiger partial charge in [0, 0.05) is 10.0 Å². The summed E-state index contributed by atoms with van der Waals surface area (Å²) in [5, 5.41) is 22.7. The van der Waals surface area contributed by atoms with Crippen LogP contribution in [-0.4, -0.2) is 16.1 Å². The highest BCUT2D eigenvalue weighted by Crippen LogP contribution is 2.51. The SMILES string of the molecule is CCc1c(Br)c(C)cc2c1NC(=O)C2(c1ccc(O)cc1)c1ccc(O)cc1. The first-order chi connectivity index (χ1) is 13.4. The van der Waals surface area contributed by atoms with Gasteiger partial charge in [0.2, 0.25) is 5.91 Å². The fourth-order valence-electron chi connectivity index (χ4n) is 4.13. The van der Waals surface area contributed by atoms with Crippen LogP contribution in [0.4, 0.5) is 5.69 Å². The number of hydrogen-bond donors (Lipinski definition) is 3. The first-order valence-corrected chi connectivity index (χ1v) is 9.91. The fraction of sp³-hybridized carbons (Fsp3) is 0.174. The molecule has 0 unspecified atom stereocenters. The normalized spacial score (nSPS) is 14.6. The molecule has 1 aliphatic heterocycles. The first-order valence-electron chi connectivity index (χ1n) is 9.12. The third-order valence-corrected chi connectivity index (χ3v) is 6.58.